The molecule has 0 bridgehead atoms. The Bertz CT molecular complexity index is 851. The van der Waals surface area contributed by atoms with Crippen LogP contribution in [0.2, 0.25) is 0 Å². The van der Waals surface area contributed by atoms with Gasteiger partial charge in [0.1, 0.15) is 0 Å². The van der Waals surface area contributed by atoms with E-state index in [1.54, 1.807) is 0 Å². The number of hydrogen-bond acceptors (Lipinski definition) is 4. The SMILES string of the molecule is CCCC[C@@H]1C=CCN1C(=O)c1ccc2c(c1)nc(N1CCOCC1)n2C. The highest BCUT2D eigenvalue weighted by molar-refractivity contribution is 5.98. The summed E-state index contributed by atoms with van der Waals surface area (Å²) < 4.78 is 7.55. The van der Waals surface area contributed by atoms with Gasteiger partial charge in [0.15, 0.2) is 0 Å². The van der Waals surface area contributed by atoms with Gasteiger partial charge in [-0.25, -0.2) is 4.98 Å². The first-order valence-corrected chi connectivity index (χ1v) is 9.96. The molecule has 27 heavy (non-hydrogen) atoms. The number of carbonyl (C=O) groups is 1. The van der Waals surface area contributed by atoms with Gasteiger partial charge in [-0.15, -0.1) is 0 Å². The molecule has 1 amide bonds. The quantitative estimate of drug-likeness (QED) is 0.762. The zero-order valence-electron chi connectivity index (χ0n) is 16.2. The maximum absolute atomic E-state index is 13.1. The van der Waals surface area contributed by atoms with Crippen LogP contribution in [0.4, 0.5) is 5.95 Å². The number of benzene rings is 1. The normalized spacial score (nSPS) is 20.0. The lowest BCUT2D eigenvalue weighted by atomic mass is 10.1. The van der Waals surface area contributed by atoms with E-state index < -0.39 is 0 Å². The first-order valence-electron chi connectivity index (χ1n) is 9.96. The van der Waals surface area contributed by atoms with Gasteiger partial charge in [-0.2, -0.15) is 0 Å². The van der Waals surface area contributed by atoms with Gasteiger partial charge in [0.25, 0.3) is 5.91 Å². The molecule has 1 saturated heterocycles. The molecule has 0 saturated carbocycles. The lowest BCUT2D eigenvalue weighted by Crippen LogP contribution is -2.37. The van der Waals surface area contributed by atoms with Crippen molar-refractivity contribution in [3.05, 3.63) is 35.9 Å². The number of ether oxygens (including phenoxy) is 1. The van der Waals surface area contributed by atoms with E-state index >= 15 is 0 Å². The first kappa shape index (κ1) is 18.0. The van der Waals surface area contributed by atoms with Crippen LogP contribution >= 0.6 is 0 Å². The van der Waals surface area contributed by atoms with Gasteiger partial charge in [-0.1, -0.05) is 31.9 Å². The van der Waals surface area contributed by atoms with Crippen LogP contribution in [0, 0.1) is 0 Å². The highest BCUT2D eigenvalue weighted by atomic mass is 16.5. The van der Waals surface area contributed by atoms with Crippen molar-refractivity contribution in [3.8, 4) is 0 Å². The van der Waals surface area contributed by atoms with E-state index in [2.05, 4.69) is 28.5 Å². The van der Waals surface area contributed by atoms with E-state index in [9.17, 15) is 4.79 Å². The molecule has 3 heterocycles. The van der Waals surface area contributed by atoms with Crippen LogP contribution in [0.15, 0.2) is 30.4 Å². The molecule has 6 heteroatoms. The standard InChI is InChI=1S/C21H28N4O2/c1-3-4-6-17-7-5-10-25(17)20(26)16-8-9-19-18(15-16)22-21(23(19)2)24-11-13-27-14-12-24/h5,7-9,15,17H,3-4,6,10-14H2,1-2H3/t17-/m1/s1. The summed E-state index contributed by atoms with van der Waals surface area (Å²) in [6.45, 7) is 6.05. The monoisotopic (exact) mass is 368 g/mol. The fourth-order valence-electron chi connectivity index (χ4n) is 4.00. The summed E-state index contributed by atoms with van der Waals surface area (Å²) in [5.74, 6) is 1.04. The van der Waals surface area contributed by atoms with Gasteiger partial charge in [0, 0.05) is 32.2 Å². The van der Waals surface area contributed by atoms with Crippen LogP contribution in [0.1, 0.15) is 36.5 Å². The highest BCUT2D eigenvalue weighted by Crippen LogP contribution is 2.25. The van der Waals surface area contributed by atoms with Crippen molar-refractivity contribution >= 4 is 22.9 Å². The van der Waals surface area contributed by atoms with Crippen molar-refractivity contribution < 1.29 is 9.53 Å². The molecule has 0 aliphatic carbocycles. The number of aryl methyl sites for hydroxylation is 1. The van der Waals surface area contributed by atoms with Crippen molar-refractivity contribution in [1.29, 1.82) is 0 Å². The van der Waals surface area contributed by atoms with E-state index in [0.29, 0.717) is 6.54 Å². The molecule has 1 atom stereocenters. The Morgan fingerprint density at radius 3 is 2.89 bits per heavy atom. The van der Waals surface area contributed by atoms with Crippen LogP contribution in [0.25, 0.3) is 11.0 Å². The number of unbranched alkanes of at least 4 members (excludes halogenated alkanes) is 1. The van der Waals surface area contributed by atoms with Crippen LogP contribution in [0.3, 0.4) is 0 Å². The Balaban J connectivity index is 1.58. The summed E-state index contributed by atoms with van der Waals surface area (Å²) in [6, 6.07) is 6.12. The Kier molecular flexibility index (Phi) is 5.16. The average Bonchev–Trinajstić information content (AvgIpc) is 3.30. The second kappa shape index (κ2) is 7.72. The van der Waals surface area contributed by atoms with Crippen LogP contribution in [0.5, 0.6) is 0 Å². The molecule has 0 radical (unpaired) electrons. The number of anilines is 1. The topological polar surface area (TPSA) is 50.6 Å². The van der Waals surface area contributed by atoms with Gasteiger partial charge >= 0.3 is 0 Å². The molecule has 2 aromatic rings. The molecule has 2 aliphatic heterocycles. The molecule has 4 rings (SSSR count). The number of fused-ring (bicyclic) bond motifs is 1. The molecule has 0 unspecified atom stereocenters. The van der Waals surface area contributed by atoms with Gasteiger partial charge in [0.2, 0.25) is 5.95 Å². The van der Waals surface area contributed by atoms with E-state index in [-0.39, 0.29) is 11.9 Å². The smallest absolute Gasteiger partial charge is 0.254 e. The third kappa shape index (κ3) is 3.46. The highest BCUT2D eigenvalue weighted by Gasteiger charge is 2.26. The van der Waals surface area contributed by atoms with E-state index in [1.807, 2.05) is 30.1 Å². The predicted molar refractivity (Wildman–Crippen MR) is 107 cm³/mol. The first-order chi connectivity index (χ1) is 13.2. The minimum atomic E-state index is 0.0987. The summed E-state index contributed by atoms with van der Waals surface area (Å²) >= 11 is 0. The van der Waals surface area contributed by atoms with E-state index in [0.717, 1.165) is 68.1 Å². The number of nitrogens with zero attached hydrogens (tertiary/aromatic N) is 4. The van der Waals surface area contributed by atoms with Crippen molar-refractivity contribution in [2.75, 3.05) is 37.7 Å². The lowest BCUT2D eigenvalue weighted by Gasteiger charge is -2.27. The van der Waals surface area contributed by atoms with E-state index in [1.165, 1.54) is 0 Å². The molecule has 1 aromatic heterocycles. The Labute approximate surface area is 160 Å². The second-order valence-corrected chi connectivity index (χ2v) is 7.37. The summed E-state index contributed by atoms with van der Waals surface area (Å²) in [7, 11) is 2.03. The molecule has 0 spiro atoms. The fourth-order valence-corrected chi connectivity index (χ4v) is 4.00. The Morgan fingerprint density at radius 2 is 2.11 bits per heavy atom. The van der Waals surface area contributed by atoms with Crippen molar-refractivity contribution in [2.45, 2.75) is 32.2 Å². The van der Waals surface area contributed by atoms with Crippen molar-refractivity contribution in [3.63, 3.8) is 0 Å². The summed E-state index contributed by atoms with van der Waals surface area (Å²) in [5.41, 5.74) is 2.65. The number of amides is 1. The Morgan fingerprint density at radius 1 is 1.30 bits per heavy atom. The largest absolute Gasteiger partial charge is 0.378 e. The maximum atomic E-state index is 13.1. The van der Waals surface area contributed by atoms with Crippen molar-refractivity contribution in [2.24, 2.45) is 7.05 Å². The lowest BCUT2D eigenvalue weighted by molar-refractivity contribution is 0.0743. The number of hydrogen-bond donors (Lipinski definition) is 0. The average molecular weight is 368 g/mol. The molecule has 0 N–H and O–H groups in total. The molecule has 2 aliphatic rings. The molecule has 6 nitrogen and oxygen atoms in total. The summed E-state index contributed by atoms with van der Waals surface area (Å²) in [5, 5.41) is 0. The van der Waals surface area contributed by atoms with Gasteiger partial charge in [-0.3, -0.25) is 4.79 Å². The fraction of sp³-hybridized carbons (Fsp3) is 0.524. The predicted octanol–water partition coefficient (Wildman–Crippen LogP) is 2.98. The molecular weight excluding hydrogens is 340 g/mol. The summed E-state index contributed by atoms with van der Waals surface area (Å²) in [6.07, 6.45) is 7.60. The number of rotatable bonds is 5. The van der Waals surface area contributed by atoms with Gasteiger partial charge in [0.05, 0.1) is 30.3 Å². The molecule has 144 valence electrons. The second-order valence-electron chi connectivity index (χ2n) is 7.37. The minimum Gasteiger partial charge on any atom is -0.378 e. The van der Waals surface area contributed by atoms with Gasteiger partial charge < -0.3 is 19.1 Å². The number of morpholine rings is 1. The van der Waals surface area contributed by atoms with Crippen molar-refractivity contribution in [1.82, 2.24) is 14.5 Å². The Hall–Kier alpha value is -2.34. The van der Waals surface area contributed by atoms with Gasteiger partial charge in [-0.05, 0) is 24.6 Å². The number of aromatic nitrogens is 2. The zero-order valence-corrected chi connectivity index (χ0v) is 16.2. The maximum Gasteiger partial charge on any atom is 0.254 e. The molecular formula is C21H28N4O2. The van der Waals surface area contributed by atoms with Crippen LogP contribution in [-0.4, -0.2) is 59.2 Å². The minimum absolute atomic E-state index is 0.0987. The summed E-state index contributed by atoms with van der Waals surface area (Å²) in [4.78, 5) is 22.1. The third-order valence-electron chi connectivity index (χ3n) is 5.57. The zero-order chi connectivity index (χ0) is 18.8. The van der Waals surface area contributed by atoms with E-state index in [4.69, 9.17) is 9.72 Å². The molecule has 1 aromatic carbocycles. The number of carbonyl (C=O) groups excluding carboxylic acids is 1. The van der Waals surface area contributed by atoms with Crippen LogP contribution in [-0.2, 0) is 11.8 Å². The molecule has 1 fully saturated rings. The number of imidazole rings is 1. The van der Waals surface area contributed by atoms with Crippen LogP contribution < -0.4 is 4.90 Å². The third-order valence-corrected chi connectivity index (χ3v) is 5.57.